The van der Waals surface area contributed by atoms with Gasteiger partial charge >= 0.3 is 6.18 Å². The van der Waals surface area contributed by atoms with Crippen molar-refractivity contribution < 1.29 is 18.0 Å². The highest BCUT2D eigenvalue weighted by molar-refractivity contribution is 6.42. The molecule has 0 spiro atoms. The average Bonchev–Trinajstić information content (AvgIpc) is 3.09. The normalized spacial score (nSPS) is 11.5. The molecule has 1 aromatic heterocycles. The van der Waals surface area contributed by atoms with Gasteiger partial charge in [-0.1, -0.05) is 53.0 Å². The second-order valence-corrected chi connectivity index (χ2v) is 7.30. The third-order valence-corrected chi connectivity index (χ3v) is 5.07. The SMILES string of the molecule is O=C(Cc1cccc(Cl)c1Cl)NCc1cc(C(F)(F)F)nn1-c1cccc(Cl)c1. The lowest BCUT2D eigenvalue weighted by Crippen LogP contribution is -2.26. The highest BCUT2D eigenvalue weighted by Gasteiger charge is 2.35. The summed E-state index contributed by atoms with van der Waals surface area (Å²) in [6, 6.07) is 12.0. The van der Waals surface area contributed by atoms with Gasteiger partial charge in [0, 0.05) is 5.02 Å². The molecule has 4 nitrogen and oxygen atoms in total. The van der Waals surface area contributed by atoms with E-state index < -0.39 is 17.8 Å². The van der Waals surface area contributed by atoms with E-state index >= 15 is 0 Å². The number of amides is 1. The Kier molecular flexibility index (Phi) is 6.41. The van der Waals surface area contributed by atoms with Gasteiger partial charge < -0.3 is 5.32 Å². The Bertz CT molecular complexity index is 1050. The van der Waals surface area contributed by atoms with Crippen molar-refractivity contribution in [2.24, 2.45) is 0 Å². The molecule has 0 aliphatic carbocycles. The lowest BCUT2D eigenvalue weighted by Gasteiger charge is -2.10. The van der Waals surface area contributed by atoms with Gasteiger partial charge in [-0.15, -0.1) is 0 Å². The summed E-state index contributed by atoms with van der Waals surface area (Å²) in [6.45, 7) is -0.174. The minimum absolute atomic E-state index is 0.0726. The van der Waals surface area contributed by atoms with Gasteiger partial charge in [-0.3, -0.25) is 4.79 Å². The van der Waals surface area contributed by atoms with Crippen molar-refractivity contribution in [1.82, 2.24) is 15.1 Å². The summed E-state index contributed by atoms with van der Waals surface area (Å²) in [6.07, 6.45) is -4.70. The zero-order chi connectivity index (χ0) is 21.2. The summed E-state index contributed by atoms with van der Waals surface area (Å²) >= 11 is 17.9. The van der Waals surface area contributed by atoms with Crippen LogP contribution < -0.4 is 5.32 Å². The van der Waals surface area contributed by atoms with E-state index in [1.807, 2.05) is 0 Å². The number of hydrogen-bond acceptors (Lipinski definition) is 2. The number of rotatable bonds is 5. The van der Waals surface area contributed by atoms with Crippen LogP contribution in [-0.4, -0.2) is 15.7 Å². The highest BCUT2D eigenvalue weighted by Crippen LogP contribution is 2.30. The fourth-order valence-corrected chi connectivity index (χ4v) is 3.20. The van der Waals surface area contributed by atoms with Crippen LogP contribution in [0, 0.1) is 0 Å². The van der Waals surface area contributed by atoms with Crippen molar-refractivity contribution in [2.45, 2.75) is 19.1 Å². The van der Waals surface area contributed by atoms with Crippen molar-refractivity contribution in [1.29, 1.82) is 0 Å². The molecule has 0 saturated heterocycles. The predicted octanol–water partition coefficient (Wildman–Crippen LogP) is 5.71. The quantitative estimate of drug-likeness (QED) is 0.528. The molecule has 1 heterocycles. The summed E-state index contributed by atoms with van der Waals surface area (Å²) in [5.41, 5.74) is -0.0733. The van der Waals surface area contributed by atoms with Crippen LogP contribution in [0.25, 0.3) is 5.69 Å². The molecule has 0 saturated carbocycles. The van der Waals surface area contributed by atoms with Gasteiger partial charge in [0.15, 0.2) is 5.69 Å². The number of nitrogens with one attached hydrogen (secondary N) is 1. The third kappa shape index (κ3) is 5.23. The summed E-state index contributed by atoms with van der Waals surface area (Å²) in [5, 5.41) is 7.12. The molecule has 0 fully saturated rings. The van der Waals surface area contributed by atoms with Crippen molar-refractivity contribution in [3.63, 3.8) is 0 Å². The van der Waals surface area contributed by atoms with Crippen LogP contribution in [0.5, 0.6) is 0 Å². The lowest BCUT2D eigenvalue weighted by atomic mass is 10.1. The van der Waals surface area contributed by atoms with Crippen molar-refractivity contribution in [3.8, 4) is 5.69 Å². The zero-order valence-electron chi connectivity index (χ0n) is 14.6. The molecule has 10 heteroatoms. The first-order chi connectivity index (χ1) is 13.6. The lowest BCUT2D eigenvalue weighted by molar-refractivity contribution is -0.141. The molecule has 2 aromatic carbocycles. The molecule has 1 amide bonds. The molecule has 0 atom stereocenters. The van der Waals surface area contributed by atoms with E-state index in [-0.39, 0.29) is 23.7 Å². The van der Waals surface area contributed by atoms with Gasteiger partial charge in [0.05, 0.1) is 34.4 Å². The van der Waals surface area contributed by atoms with Crippen LogP contribution in [-0.2, 0) is 23.9 Å². The van der Waals surface area contributed by atoms with E-state index in [2.05, 4.69) is 10.4 Å². The van der Waals surface area contributed by atoms with E-state index in [4.69, 9.17) is 34.8 Å². The van der Waals surface area contributed by atoms with Gasteiger partial charge in [0.2, 0.25) is 5.91 Å². The summed E-state index contributed by atoms with van der Waals surface area (Å²) in [7, 11) is 0. The zero-order valence-corrected chi connectivity index (χ0v) is 16.9. The number of halogens is 6. The molecular weight excluding hydrogens is 450 g/mol. The van der Waals surface area contributed by atoms with Crippen LogP contribution in [0.1, 0.15) is 17.0 Å². The monoisotopic (exact) mass is 461 g/mol. The Labute approximate surface area is 179 Å². The van der Waals surface area contributed by atoms with Crippen molar-refractivity contribution in [2.75, 3.05) is 0 Å². The maximum atomic E-state index is 13.1. The van der Waals surface area contributed by atoms with Crippen LogP contribution in [0.15, 0.2) is 48.5 Å². The first-order valence-electron chi connectivity index (χ1n) is 8.27. The Balaban J connectivity index is 1.81. The largest absolute Gasteiger partial charge is 0.435 e. The number of alkyl halides is 3. The van der Waals surface area contributed by atoms with Gasteiger partial charge in [0.25, 0.3) is 0 Å². The van der Waals surface area contributed by atoms with E-state index in [0.29, 0.717) is 21.3 Å². The van der Waals surface area contributed by atoms with Gasteiger partial charge in [-0.2, -0.15) is 18.3 Å². The molecule has 1 N–H and O–H groups in total. The van der Waals surface area contributed by atoms with Crippen molar-refractivity contribution in [3.05, 3.63) is 80.6 Å². The van der Waals surface area contributed by atoms with E-state index in [1.165, 1.54) is 6.07 Å². The Morgan fingerprint density at radius 3 is 2.48 bits per heavy atom. The standard InChI is InChI=1S/C19H13Cl3F3N3O/c20-12-4-2-5-13(8-12)28-14(9-16(27-28)19(23,24)25)10-26-17(29)7-11-3-1-6-15(21)18(11)22/h1-6,8-9H,7,10H2,(H,26,29). The first kappa shape index (κ1) is 21.5. The van der Waals surface area contributed by atoms with Crippen LogP contribution in [0.2, 0.25) is 15.1 Å². The van der Waals surface area contributed by atoms with Crippen molar-refractivity contribution >= 4 is 40.7 Å². The smallest absolute Gasteiger partial charge is 0.350 e. The second-order valence-electron chi connectivity index (χ2n) is 6.08. The van der Waals surface area contributed by atoms with E-state index in [1.54, 1.807) is 36.4 Å². The minimum atomic E-state index is -4.63. The number of nitrogens with zero attached hydrogens (tertiary/aromatic N) is 2. The topological polar surface area (TPSA) is 46.9 Å². The van der Waals surface area contributed by atoms with Gasteiger partial charge in [-0.05, 0) is 35.9 Å². The molecule has 0 aliphatic heterocycles. The molecular formula is C19H13Cl3F3N3O. The number of benzene rings is 2. The molecule has 0 aliphatic rings. The van der Waals surface area contributed by atoms with E-state index in [9.17, 15) is 18.0 Å². The number of aromatic nitrogens is 2. The first-order valence-corrected chi connectivity index (χ1v) is 9.40. The molecule has 0 unspecified atom stereocenters. The van der Waals surface area contributed by atoms with Gasteiger partial charge in [0.1, 0.15) is 0 Å². The summed E-state index contributed by atoms with van der Waals surface area (Å²) < 4.78 is 40.5. The molecule has 152 valence electrons. The molecule has 3 rings (SSSR count). The maximum absolute atomic E-state index is 13.1. The minimum Gasteiger partial charge on any atom is -0.350 e. The number of carbonyl (C=O) groups excluding carboxylic acids is 1. The van der Waals surface area contributed by atoms with Crippen LogP contribution in [0.4, 0.5) is 13.2 Å². The fourth-order valence-electron chi connectivity index (χ4n) is 2.63. The Hall–Kier alpha value is -2.22. The summed E-state index contributed by atoms with van der Waals surface area (Å²) in [4.78, 5) is 12.3. The predicted molar refractivity (Wildman–Crippen MR) is 106 cm³/mol. The summed E-state index contributed by atoms with van der Waals surface area (Å²) in [5.74, 6) is -0.429. The Morgan fingerprint density at radius 1 is 1.07 bits per heavy atom. The van der Waals surface area contributed by atoms with Gasteiger partial charge in [-0.25, -0.2) is 4.68 Å². The average molecular weight is 463 g/mol. The molecule has 3 aromatic rings. The molecule has 0 radical (unpaired) electrons. The Morgan fingerprint density at radius 2 is 1.79 bits per heavy atom. The maximum Gasteiger partial charge on any atom is 0.435 e. The molecule has 29 heavy (non-hydrogen) atoms. The number of carbonyl (C=O) groups is 1. The number of hydrogen-bond donors (Lipinski definition) is 1. The fraction of sp³-hybridized carbons (Fsp3) is 0.158. The van der Waals surface area contributed by atoms with Crippen LogP contribution >= 0.6 is 34.8 Å². The molecule has 0 bridgehead atoms. The van der Waals surface area contributed by atoms with Crippen LogP contribution in [0.3, 0.4) is 0 Å². The van der Waals surface area contributed by atoms with E-state index in [0.717, 1.165) is 10.7 Å². The second kappa shape index (κ2) is 8.65. The third-order valence-electron chi connectivity index (χ3n) is 3.98. The highest BCUT2D eigenvalue weighted by atomic mass is 35.5.